The van der Waals surface area contributed by atoms with Gasteiger partial charge in [-0.2, -0.15) is 9.97 Å². The number of hydrogen-bond acceptors (Lipinski definition) is 8. The fraction of sp³-hybridized carbons (Fsp3) is 0.522. The molecule has 8 nitrogen and oxygen atoms in total. The second-order valence-electron chi connectivity index (χ2n) is 8.58. The van der Waals surface area contributed by atoms with E-state index >= 15 is 0 Å². The molecule has 2 heterocycles. The Bertz CT molecular complexity index is 1060. The standard InChI is InChI=1S/C23H32N6O2S/c1-3-18(14(2)30)26-23-27-21(24-12-15-11-17(32)9-10-19(15)31)20-22(28-23)29(13-25-20)16-7-5-4-6-8-16/h9-11,13-14,16,18,30-32H,3-8,12H2,1-2H3,(H2,24,26,27,28). The normalized spacial score (nSPS) is 16.8. The van der Waals surface area contributed by atoms with E-state index in [1.165, 1.54) is 19.3 Å². The van der Waals surface area contributed by atoms with Crippen LogP contribution in [-0.2, 0) is 6.54 Å². The number of aromatic nitrogens is 4. The Labute approximate surface area is 193 Å². The van der Waals surface area contributed by atoms with Gasteiger partial charge in [0.25, 0.3) is 0 Å². The number of imidazole rings is 1. The number of aromatic hydroxyl groups is 1. The monoisotopic (exact) mass is 456 g/mol. The Hall–Kier alpha value is -2.52. The van der Waals surface area contributed by atoms with E-state index in [4.69, 9.17) is 4.98 Å². The van der Waals surface area contributed by atoms with Gasteiger partial charge in [0.15, 0.2) is 17.0 Å². The molecule has 1 fully saturated rings. The predicted octanol–water partition coefficient (Wildman–Crippen LogP) is 4.51. The molecule has 0 saturated heterocycles. The molecule has 0 radical (unpaired) electrons. The highest BCUT2D eigenvalue weighted by Gasteiger charge is 2.22. The van der Waals surface area contributed by atoms with Gasteiger partial charge in [0, 0.05) is 23.0 Å². The summed E-state index contributed by atoms with van der Waals surface area (Å²) in [6, 6.07) is 5.43. The molecular formula is C23H32N6O2S. The van der Waals surface area contributed by atoms with Crippen molar-refractivity contribution in [1.82, 2.24) is 19.5 Å². The van der Waals surface area contributed by atoms with Crippen molar-refractivity contribution in [1.29, 1.82) is 0 Å². The smallest absolute Gasteiger partial charge is 0.227 e. The van der Waals surface area contributed by atoms with Crippen LogP contribution >= 0.6 is 12.6 Å². The first-order valence-corrected chi connectivity index (χ1v) is 11.8. The van der Waals surface area contributed by atoms with Crippen LogP contribution in [0, 0.1) is 0 Å². The van der Waals surface area contributed by atoms with Gasteiger partial charge in [-0.05, 0) is 44.4 Å². The first-order chi connectivity index (χ1) is 15.5. The molecule has 32 heavy (non-hydrogen) atoms. The number of aliphatic hydroxyl groups is 1. The van der Waals surface area contributed by atoms with Gasteiger partial charge in [0.05, 0.1) is 18.5 Å². The Morgan fingerprint density at radius 1 is 1.22 bits per heavy atom. The molecule has 2 aromatic heterocycles. The zero-order valence-corrected chi connectivity index (χ0v) is 19.5. The average molecular weight is 457 g/mol. The molecule has 4 rings (SSSR count). The van der Waals surface area contributed by atoms with Gasteiger partial charge < -0.3 is 25.4 Å². The summed E-state index contributed by atoms with van der Waals surface area (Å²) in [4.78, 5) is 14.9. The molecule has 9 heteroatoms. The number of thiol groups is 1. The number of anilines is 2. The maximum Gasteiger partial charge on any atom is 0.227 e. The van der Waals surface area contributed by atoms with Gasteiger partial charge in [0.1, 0.15) is 5.75 Å². The third-order valence-electron chi connectivity index (χ3n) is 6.24. The largest absolute Gasteiger partial charge is 0.508 e. The van der Waals surface area contributed by atoms with Crippen LogP contribution in [0.1, 0.15) is 64.0 Å². The lowest BCUT2D eigenvalue weighted by Crippen LogP contribution is -2.31. The van der Waals surface area contributed by atoms with E-state index in [1.807, 2.05) is 19.3 Å². The number of aliphatic hydroxyl groups excluding tert-OH is 1. The van der Waals surface area contributed by atoms with E-state index in [0.29, 0.717) is 29.9 Å². The van der Waals surface area contributed by atoms with Crippen LogP contribution in [0.25, 0.3) is 11.2 Å². The molecule has 1 aliphatic carbocycles. The fourth-order valence-corrected chi connectivity index (χ4v) is 4.58. The molecule has 1 saturated carbocycles. The highest BCUT2D eigenvalue weighted by Crippen LogP contribution is 2.32. The van der Waals surface area contributed by atoms with E-state index in [1.54, 1.807) is 19.1 Å². The quantitative estimate of drug-likeness (QED) is 0.317. The Morgan fingerprint density at radius 2 is 2.00 bits per heavy atom. The maximum atomic E-state index is 10.2. The lowest BCUT2D eigenvalue weighted by Gasteiger charge is -2.24. The van der Waals surface area contributed by atoms with Crippen molar-refractivity contribution in [3.05, 3.63) is 30.1 Å². The van der Waals surface area contributed by atoms with Crippen LogP contribution in [0.3, 0.4) is 0 Å². The van der Waals surface area contributed by atoms with Crippen LogP contribution in [0.5, 0.6) is 5.75 Å². The minimum absolute atomic E-state index is 0.156. The lowest BCUT2D eigenvalue weighted by atomic mass is 9.95. The number of benzene rings is 1. The first-order valence-electron chi connectivity index (χ1n) is 11.4. The molecule has 0 spiro atoms. The second-order valence-corrected chi connectivity index (χ2v) is 9.09. The highest BCUT2D eigenvalue weighted by atomic mass is 32.1. The Balaban J connectivity index is 1.70. The lowest BCUT2D eigenvalue weighted by molar-refractivity contribution is 0.169. The third-order valence-corrected chi connectivity index (χ3v) is 6.51. The number of hydrogen-bond donors (Lipinski definition) is 5. The van der Waals surface area contributed by atoms with Crippen molar-refractivity contribution in [2.75, 3.05) is 10.6 Å². The maximum absolute atomic E-state index is 10.2. The third kappa shape index (κ3) is 4.94. The van der Waals surface area contributed by atoms with Gasteiger partial charge in [-0.3, -0.25) is 0 Å². The van der Waals surface area contributed by atoms with E-state index in [-0.39, 0.29) is 11.8 Å². The molecule has 2 unspecified atom stereocenters. The molecule has 4 N–H and O–H groups in total. The molecular weight excluding hydrogens is 424 g/mol. The van der Waals surface area contributed by atoms with Crippen molar-refractivity contribution < 1.29 is 10.2 Å². The van der Waals surface area contributed by atoms with E-state index in [2.05, 4.69) is 37.8 Å². The van der Waals surface area contributed by atoms with Gasteiger partial charge >= 0.3 is 0 Å². The summed E-state index contributed by atoms with van der Waals surface area (Å²) in [6.45, 7) is 4.15. The highest BCUT2D eigenvalue weighted by molar-refractivity contribution is 7.80. The minimum Gasteiger partial charge on any atom is -0.508 e. The zero-order chi connectivity index (χ0) is 22.7. The van der Waals surface area contributed by atoms with E-state index < -0.39 is 6.10 Å². The van der Waals surface area contributed by atoms with Gasteiger partial charge in [-0.1, -0.05) is 26.2 Å². The fourth-order valence-electron chi connectivity index (χ4n) is 4.35. The van der Waals surface area contributed by atoms with Crippen LogP contribution in [0.4, 0.5) is 11.8 Å². The van der Waals surface area contributed by atoms with Crippen LogP contribution in [0.15, 0.2) is 29.4 Å². The van der Waals surface area contributed by atoms with Gasteiger partial charge in [-0.25, -0.2) is 4.98 Å². The molecule has 0 aliphatic heterocycles. The number of fused-ring (bicyclic) bond motifs is 1. The molecule has 3 aromatic rings. The summed E-state index contributed by atoms with van der Waals surface area (Å²) >= 11 is 4.37. The van der Waals surface area contributed by atoms with Gasteiger partial charge in [-0.15, -0.1) is 12.6 Å². The SMILES string of the molecule is CCC(Nc1nc(NCc2cc(S)ccc2O)c2ncn(C3CCCCC3)c2n1)C(C)O. The van der Waals surface area contributed by atoms with Crippen LogP contribution in [-0.4, -0.2) is 41.9 Å². The van der Waals surface area contributed by atoms with Crippen molar-refractivity contribution in [2.45, 2.75) is 82.0 Å². The summed E-state index contributed by atoms with van der Waals surface area (Å²) in [6.07, 6.45) is 8.01. The molecule has 0 bridgehead atoms. The number of rotatable bonds is 8. The molecule has 2 atom stereocenters. The number of nitrogens with zero attached hydrogens (tertiary/aromatic N) is 4. The molecule has 1 aliphatic rings. The topological polar surface area (TPSA) is 108 Å². The molecule has 1 aromatic carbocycles. The number of phenolic OH excluding ortho intramolecular Hbond substituents is 1. The van der Waals surface area contributed by atoms with Crippen molar-refractivity contribution in [2.24, 2.45) is 0 Å². The first kappa shape index (κ1) is 22.7. The zero-order valence-electron chi connectivity index (χ0n) is 18.6. The summed E-state index contributed by atoms with van der Waals surface area (Å²) in [5.41, 5.74) is 2.21. The summed E-state index contributed by atoms with van der Waals surface area (Å²) < 4.78 is 2.17. The van der Waals surface area contributed by atoms with Crippen molar-refractivity contribution in [3.63, 3.8) is 0 Å². The number of phenols is 1. The predicted molar refractivity (Wildman–Crippen MR) is 130 cm³/mol. The van der Waals surface area contributed by atoms with Crippen LogP contribution in [0.2, 0.25) is 0 Å². The Kier molecular flexibility index (Phi) is 7.05. The average Bonchev–Trinajstić information content (AvgIpc) is 3.22. The van der Waals surface area contributed by atoms with Gasteiger partial charge in [0.2, 0.25) is 5.95 Å². The number of nitrogens with one attached hydrogen (secondary N) is 2. The van der Waals surface area contributed by atoms with Crippen molar-refractivity contribution >= 4 is 35.6 Å². The summed E-state index contributed by atoms with van der Waals surface area (Å²) in [5, 5.41) is 26.9. The van der Waals surface area contributed by atoms with E-state index in [9.17, 15) is 10.2 Å². The Morgan fingerprint density at radius 3 is 2.72 bits per heavy atom. The molecule has 0 amide bonds. The second kappa shape index (κ2) is 9.95. The molecule has 172 valence electrons. The van der Waals surface area contributed by atoms with E-state index in [0.717, 1.165) is 35.4 Å². The summed E-state index contributed by atoms with van der Waals surface area (Å²) in [5.74, 6) is 1.25. The minimum atomic E-state index is -0.533. The summed E-state index contributed by atoms with van der Waals surface area (Å²) in [7, 11) is 0. The van der Waals surface area contributed by atoms with Crippen LogP contribution < -0.4 is 10.6 Å². The van der Waals surface area contributed by atoms with Crippen molar-refractivity contribution in [3.8, 4) is 5.75 Å².